The first-order valence-corrected chi connectivity index (χ1v) is 10.4. The largest absolute Gasteiger partial charge is 0.380 e. The fraction of sp³-hybridized carbons (Fsp3) is 0.263. The van der Waals surface area contributed by atoms with Crippen molar-refractivity contribution in [3.63, 3.8) is 0 Å². The molecule has 1 atom stereocenters. The van der Waals surface area contributed by atoms with Crippen LogP contribution in [-0.4, -0.2) is 19.3 Å². The monoisotopic (exact) mass is 294 g/mol. The van der Waals surface area contributed by atoms with E-state index in [9.17, 15) is 5.11 Å². The molecular weight excluding hydrogens is 272 g/mol. The van der Waals surface area contributed by atoms with E-state index < -0.39 is 14.2 Å². The molecule has 2 heteroatoms. The Morgan fingerprint density at radius 2 is 1.52 bits per heavy atom. The lowest BCUT2D eigenvalue weighted by Gasteiger charge is -2.15. The highest BCUT2D eigenvalue weighted by Crippen LogP contribution is 2.06. The molecule has 0 aliphatic rings. The maximum atomic E-state index is 10.1. The molecule has 0 aliphatic heterocycles. The number of aliphatic hydroxyl groups is 1. The van der Waals surface area contributed by atoms with Crippen LogP contribution in [0.1, 0.15) is 12.0 Å². The van der Waals surface area contributed by atoms with Gasteiger partial charge in [0.05, 0.1) is 0 Å². The van der Waals surface area contributed by atoms with Crippen LogP contribution in [0.2, 0.25) is 13.1 Å². The second kappa shape index (κ2) is 7.26. The van der Waals surface area contributed by atoms with Crippen molar-refractivity contribution in [2.24, 2.45) is 0 Å². The average Bonchev–Trinajstić information content (AvgIpc) is 2.53. The van der Waals surface area contributed by atoms with Crippen molar-refractivity contribution in [3.05, 3.63) is 66.2 Å². The third kappa shape index (κ3) is 4.89. The van der Waals surface area contributed by atoms with Gasteiger partial charge in [-0.05, 0) is 23.6 Å². The Balaban J connectivity index is 1.95. The Labute approximate surface area is 128 Å². The zero-order valence-electron chi connectivity index (χ0n) is 12.7. The number of aryl methyl sites for hydroxylation is 1. The average molecular weight is 294 g/mol. The summed E-state index contributed by atoms with van der Waals surface area (Å²) in [6.07, 6.45) is 1.01. The van der Waals surface area contributed by atoms with E-state index >= 15 is 0 Å². The Morgan fingerprint density at radius 3 is 2.14 bits per heavy atom. The maximum Gasteiger partial charge on any atom is 0.162 e. The standard InChI is InChI=1S/C19H22OSi/c1-21(2,19-11-7-4-8-12-19)16-15-18(20)14-13-17-9-5-3-6-10-17/h3-12,18,20H,13-14H2,1-2H3. The lowest BCUT2D eigenvalue weighted by atomic mass is 10.1. The zero-order chi connectivity index (χ0) is 15.1. The number of hydrogen-bond donors (Lipinski definition) is 1. The van der Waals surface area contributed by atoms with Gasteiger partial charge >= 0.3 is 0 Å². The van der Waals surface area contributed by atoms with Crippen molar-refractivity contribution in [2.45, 2.75) is 32.0 Å². The highest BCUT2D eigenvalue weighted by Gasteiger charge is 2.20. The molecular formula is C19H22OSi. The number of rotatable bonds is 4. The molecule has 1 nitrogen and oxygen atoms in total. The van der Waals surface area contributed by atoms with Crippen molar-refractivity contribution in [3.8, 4) is 11.5 Å². The molecule has 0 bridgehead atoms. The fourth-order valence-electron chi connectivity index (χ4n) is 2.21. The smallest absolute Gasteiger partial charge is 0.162 e. The van der Waals surface area contributed by atoms with E-state index in [1.807, 2.05) is 24.3 Å². The minimum Gasteiger partial charge on any atom is -0.380 e. The molecule has 21 heavy (non-hydrogen) atoms. The van der Waals surface area contributed by atoms with Crippen molar-refractivity contribution >= 4 is 13.3 Å². The third-order valence-corrected chi connectivity index (χ3v) is 6.14. The van der Waals surface area contributed by atoms with Gasteiger partial charge in [-0.1, -0.05) is 79.7 Å². The number of benzene rings is 2. The SMILES string of the molecule is C[Si](C)(C#CC(O)CCc1ccccc1)c1ccccc1. The summed E-state index contributed by atoms with van der Waals surface area (Å²) < 4.78 is 0. The van der Waals surface area contributed by atoms with Gasteiger partial charge in [-0.2, -0.15) is 0 Å². The van der Waals surface area contributed by atoms with Crippen molar-refractivity contribution in [1.82, 2.24) is 0 Å². The minimum atomic E-state index is -1.77. The summed E-state index contributed by atoms with van der Waals surface area (Å²) in [4.78, 5) is 0. The van der Waals surface area contributed by atoms with Gasteiger partial charge in [-0.15, -0.1) is 5.54 Å². The Morgan fingerprint density at radius 1 is 0.952 bits per heavy atom. The molecule has 2 aromatic carbocycles. The Kier molecular flexibility index (Phi) is 5.38. The minimum absolute atomic E-state index is 0.541. The maximum absolute atomic E-state index is 10.1. The van der Waals surface area contributed by atoms with Gasteiger partial charge in [-0.3, -0.25) is 0 Å². The molecule has 0 radical (unpaired) electrons. The molecule has 0 spiro atoms. The summed E-state index contributed by atoms with van der Waals surface area (Å²) in [6.45, 7) is 4.44. The van der Waals surface area contributed by atoms with Crippen LogP contribution in [0.4, 0.5) is 0 Å². The molecule has 1 unspecified atom stereocenters. The Bertz CT molecular complexity index is 608. The Hall–Kier alpha value is -1.82. The molecule has 0 aliphatic carbocycles. The van der Waals surface area contributed by atoms with Crippen molar-refractivity contribution in [1.29, 1.82) is 0 Å². The van der Waals surface area contributed by atoms with Crippen molar-refractivity contribution in [2.75, 3.05) is 0 Å². The molecule has 0 saturated carbocycles. The van der Waals surface area contributed by atoms with Crippen LogP contribution in [0.25, 0.3) is 0 Å². The molecule has 108 valence electrons. The van der Waals surface area contributed by atoms with Gasteiger partial charge in [-0.25, -0.2) is 0 Å². The van der Waals surface area contributed by atoms with Crippen LogP contribution in [0.3, 0.4) is 0 Å². The quantitative estimate of drug-likeness (QED) is 0.678. The lowest BCUT2D eigenvalue weighted by molar-refractivity contribution is 0.222. The normalized spacial score (nSPS) is 12.3. The first-order chi connectivity index (χ1) is 10.1. The molecule has 0 aromatic heterocycles. The topological polar surface area (TPSA) is 20.2 Å². The van der Waals surface area contributed by atoms with Gasteiger partial charge in [0.15, 0.2) is 8.07 Å². The first kappa shape index (κ1) is 15.6. The molecule has 1 N–H and O–H groups in total. The van der Waals surface area contributed by atoms with E-state index in [0.29, 0.717) is 6.42 Å². The summed E-state index contributed by atoms with van der Waals surface area (Å²) in [5, 5.41) is 11.4. The van der Waals surface area contributed by atoms with E-state index in [4.69, 9.17) is 0 Å². The van der Waals surface area contributed by atoms with E-state index in [-0.39, 0.29) is 0 Å². The van der Waals surface area contributed by atoms with Crippen LogP contribution in [-0.2, 0) is 6.42 Å². The summed E-state index contributed by atoms with van der Waals surface area (Å²) >= 11 is 0. The van der Waals surface area contributed by atoms with E-state index in [1.165, 1.54) is 10.8 Å². The highest BCUT2D eigenvalue weighted by molar-refractivity contribution is 6.96. The molecule has 0 fully saturated rings. The van der Waals surface area contributed by atoms with E-state index in [1.54, 1.807) is 0 Å². The highest BCUT2D eigenvalue weighted by atomic mass is 28.3. The second-order valence-electron chi connectivity index (χ2n) is 5.80. The summed E-state index contributed by atoms with van der Waals surface area (Å²) in [7, 11) is -1.77. The van der Waals surface area contributed by atoms with Gasteiger partial charge in [0, 0.05) is 0 Å². The molecule has 0 saturated heterocycles. The van der Waals surface area contributed by atoms with Crippen LogP contribution < -0.4 is 5.19 Å². The summed E-state index contributed by atoms with van der Waals surface area (Å²) in [6, 6.07) is 20.6. The van der Waals surface area contributed by atoms with Crippen LogP contribution in [0.15, 0.2) is 60.7 Å². The lowest BCUT2D eigenvalue weighted by Crippen LogP contribution is -2.40. The van der Waals surface area contributed by atoms with Gasteiger partial charge < -0.3 is 5.11 Å². The van der Waals surface area contributed by atoms with E-state index in [0.717, 1.165) is 6.42 Å². The predicted octanol–water partition coefficient (Wildman–Crippen LogP) is 3.14. The fourth-order valence-corrected chi connectivity index (χ4v) is 3.91. The summed E-state index contributed by atoms with van der Waals surface area (Å²) in [5.41, 5.74) is 4.60. The van der Waals surface area contributed by atoms with Crippen LogP contribution >= 0.6 is 0 Å². The third-order valence-electron chi connectivity index (χ3n) is 3.60. The number of aliphatic hydroxyl groups excluding tert-OH is 1. The molecule has 2 rings (SSSR count). The van der Waals surface area contributed by atoms with Gasteiger partial charge in [0.2, 0.25) is 0 Å². The first-order valence-electron chi connectivity index (χ1n) is 7.38. The molecule has 0 heterocycles. The van der Waals surface area contributed by atoms with E-state index in [2.05, 4.69) is 61.0 Å². The molecule has 0 amide bonds. The zero-order valence-corrected chi connectivity index (χ0v) is 13.7. The van der Waals surface area contributed by atoms with Gasteiger partial charge in [0.25, 0.3) is 0 Å². The summed E-state index contributed by atoms with van der Waals surface area (Å²) in [5.74, 6) is 3.06. The second-order valence-corrected chi connectivity index (χ2v) is 9.88. The van der Waals surface area contributed by atoms with Gasteiger partial charge in [0.1, 0.15) is 6.10 Å². The van der Waals surface area contributed by atoms with Crippen LogP contribution in [0, 0.1) is 11.5 Å². The molecule has 2 aromatic rings. The van der Waals surface area contributed by atoms with Crippen molar-refractivity contribution < 1.29 is 5.11 Å². The number of hydrogen-bond acceptors (Lipinski definition) is 1. The van der Waals surface area contributed by atoms with Crippen LogP contribution in [0.5, 0.6) is 0 Å². The predicted molar refractivity (Wildman–Crippen MR) is 92.1 cm³/mol.